The van der Waals surface area contributed by atoms with Crippen LogP contribution in [0.5, 0.6) is 0 Å². The van der Waals surface area contributed by atoms with Crippen molar-refractivity contribution in [3.63, 3.8) is 0 Å². The van der Waals surface area contributed by atoms with Crippen molar-refractivity contribution in [2.75, 3.05) is 0 Å². The molecule has 2 unspecified atom stereocenters. The molecule has 13 heavy (non-hydrogen) atoms. The van der Waals surface area contributed by atoms with Crippen LogP contribution in [0.2, 0.25) is 0 Å². The molecule has 2 atom stereocenters. The molecule has 2 aliphatic carbocycles. The molecule has 0 bridgehead atoms. The Morgan fingerprint density at radius 3 is 3.00 bits per heavy atom. The molecule has 72 valence electrons. The SMILES string of the molecule is C=C1CCCC2CC(=O)CCC12C. The summed E-state index contributed by atoms with van der Waals surface area (Å²) in [6.07, 6.45) is 6.31. The number of carbonyl (C=O) groups is 1. The van der Waals surface area contributed by atoms with Gasteiger partial charge in [-0.25, -0.2) is 0 Å². The van der Waals surface area contributed by atoms with E-state index in [-0.39, 0.29) is 0 Å². The van der Waals surface area contributed by atoms with Gasteiger partial charge in [0.1, 0.15) is 5.78 Å². The Morgan fingerprint density at radius 1 is 1.46 bits per heavy atom. The second kappa shape index (κ2) is 2.97. The van der Waals surface area contributed by atoms with E-state index in [2.05, 4.69) is 13.5 Å². The summed E-state index contributed by atoms with van der Waals surface area (Å²) < 4.78 is 0. The van der Waals surface area contributed by atoms with Crippen LogP contribution >= 0.6 is 0 Å². The minimum atomic E-state index is 0.298. The lowest BCUT2D eigenvalue weighted by atomic mass is 9.58. The predicted octanol–water partition coefficient (Wildman–Crippen LogP) is 3.10. The van der Waals surface area contributed by atoms with E-state index in [1.165, 1.54) is 24.8 Å². The molecule has 0 N–H and O–H groups in total. The van der Waals surface area contributed by atoms with E-state index in [4.69, 9.17) is 0 Å². The number of hydrogen-bond acceptors (Lipinski definition) is 1. The zero-order chi connectivity index (χ0) is 9.47. The van der Waals surface area contributed by atoms with Crippen molar-refractivity contribution >= 4 is 5.78 Å². The maximum absolute atomic E-state index is 11.3. The summed E-state index contributed by atoms with van der Waals surface area (Å²) in [6.45, 7) is 6.50. The van der Waals surface area contributed by atoms with Crippen LogP contribution in [0.15, 0.2) is 12.2 Å². The Hall–Kier alpha value is -0.590. The van der Waals surface area contributed by atoms with Gasteiger partial charge >= 0.3 is 0 Å². The number of ketones is 1. The van der Waals surface area contributed by atoms with Gasteiger partial charge in [-0.15, -0.1) is 0 Å². The highest BCUT2D eigenvalue weighted by Crippen LogP contribution is 2.51. The molecule has 2 rings (SSSR count). The van der Waals surface area contributed by atoms with Crippen molar-refractivity contribution < 1.29 is 4.79 Å². The molecule has 0 amide bonds. The van der Waals surface area contributed by atoms with Crippen molar-refractivity contribution in [1.82, 2.24) is 0 Å². The van der Waals surface area contributed by atoms with Crippen LogP contribution in [0.4, 0.5) is 0 Å². The first kappa shape index (κ1) is 8.98. The average Bonchev–Trinajstić information content (AvgIpc) is 2.09. The van der Waals surface area contributed by atoms with Gasteiger partial charge in [0.15, 0.2) is 0 Å². The largest absolute Gasteiger partial charge is 0.300 e. The number of allylic oxidation sites excluding steroid dienone is 1. The molecule has 0 heterocycles. The molecule has 0 saturated heterocycles. The highest BCUT2D eigenvalue weighted by Gasteiger charge is 2.42. The van der Waals surface area contributed by atoms with Crippen LogP contribution in [-0.2, 0) is 4.79 Å². The van der Waals surface area contributed by atoms with Crippen molar-refractivity contribution in [3.05, 3.63) is 12.2 Å². The zero-order valence-corrected chi connectivity index (χ0v) is 8.44. The fourth-order valence-corrected chi connectivity index (χ4v) is 2.94. The first-order chi connectivity index (χ1) is 6.13. The van der Waals surface area contributed by atoms with Crippen LogP contribution in [0.1, 0.15) is 45.4 Å². The summed E-state index contributed by atoms with van der Waals surface area (Å²) in [6, 6.07) is 0. The third kappa shape index (κ3) is 1.34. The monoisotopic (exact) mass is 178 g/mol. The van der Waals surface area contributed by atoms with Gasteiger partial charge in [-0.3, -0.25) is 4.79 Å². The van der Waals surface area contributed by atoms with Gasteiger partial charge in [-0.1, -0.05) is 19.1 Å². The minimum Gasteiger partial charge on any atom is -0.300 e. The molecule has 0 aromatic rings. The van der Waals surface area contributed by atoms with Crippen LogP contribution in [-0.4, -0.2) is 5.78 Å². The van der Waals surface area contributed by atoms with Gasteiger partial charge in [-0.05, 0) is 37.0 Å². The molecular weight excluding hydrogens is 160 g/mol. The van der Waals surface area contributed by atoms with E-state index in [9.17, 15) is 4.79 Å². The normalized spacial score (nSPS) is 40.2. The number of carbonyl (C=O) groups excluding carboxylic acids is 1. The van der Waals surface area contributed by atoms with Gasteiger partial charge in [0.2, 0.25) is 0 Å². The average molecular weight is 178 g/mol. The highest BCUT2D eigenvalue weighted by molar-refractivity contribution is 5.79. The lowest BCUT2D eigenvalue weighted by Gasteiger charge is -2.46. The Labute approximate surface area is 80.2 Å². The molecule has 2 saturated carbocycles. The van der Waals surface area contributed by atoms with E-state index in [0.29, 0.717) is 17.1 Å². The number of Topliss-reactive ketones (excluding diaryl/α,β-unsaturated/α-hetero) is 1. The topological polar surface area (TPSA) is 17.1 Å². The predicted molar refractivity (Wildman–Crippen MR) is 53.4 cm³/mol. The van der Waals surface area contributed by atoms with Crippen molar-refractivity contribution in [1.29, 1.82) is 0 Å². The van der Waals surface area contributed by atoms with E-state index < -0.39 is 0 Å². The Morgan fingerprint density at radius 2 is 2.23 bits per heavy atom. The summed E-state index contributed by atoms with van der Waals surface area (Å²) in [7, 11) is 0. The van der Waals surface area contributed by atoms with Crippen molar-refractivity contribution in [2.45, 2.75) is 45.4 Å². The van der Waals surface area contributed by atoms with E-state index >= 15 is 0 Å². The van der Waals surface area contributed by atoms with Crippen molar-refractivity contribution in [3.8, 4) is 0 Å². The Bertz CT molecular complexity index is 254. The summed E-state index contributed by atoms with van der Waals surface area (Å²) >= 11 is 0. The summed E-state index contributed by atoms with van der Waals surface area (Å²) in [4.78, 5) is 11.3. The maximum atomic E-state index is 11.3. The van der Waals surface area contributed by atoms with Gasteiger partial charge in [0.25, 0.3) is 0 Å². The third-order valence-electron chi connectivity index (χ3n) is 4.14. The van der Waals surface area contributed by atoms with Crippen molar-refractivity contribution in [2.24, 2.45) is 11.3 Å². The minimum absolute atomic E-state index is 0.298. The van der Waals surface area contributed by atoms with Crippen LogP contribution in [0, 0.1) is 11.3 Å². The first-order valence-electron chi connectivity index (χ1n) is 5.33. The smallest absolute Gasteiger partial charge is 0.133 e. The van der Waals surface area contributed by atoms with Gasteiger partial charge < -0.3 is 0 Å². The molecule has 0 aliphatic heterocycles. The lowest BCUT2D eigenvalue weighted by Crippen LogP contribution is -2.38. The third-order valence-corrected chi connectivity index (χ3v) is 4.14. The molecule has 0 aromatic carbocycles. The maximum Gasteiger partial charge on any atom is 0.133 e. The summed E-state index contributed by atoms with van der Waals surface area (Å²) in [5.74, 6) is 1.08. The van der Waals surface area contributed by atoms with E-state index in [1.54, 1.807) is 0 Å². The number of hydrogen-bond donors (Lipinski definition) is 0. The molecule has 0 spiro atoms. The first-order valence-corrected chi connectivity index (χ1v) is 5.33. The summed E-state index contributed by atoms with van der Waals surface area (Å²) in [5, 5.41) is 0. The summed E-state index contributed by atoms with van der Waals surface area (Å²) in [5.41, 5.74) is 1.70. The Kier molecular flexibility index (Phi) is 2.05. The number of fused-ring (bicyclic) bond motifs is 1. The molecule has 1 heteroatoms. The fraction of sp³-hybridized carbons (Fsp3) is 0.750. The van der Waals surface area contributed by atoms with Crippen LogP contribution in [0.3, 0.4) is 0 Å². The second-order valence-corrected chi connectivity index (χ2v) is 4.85. The number of rotatable bonds is 0. The zero-order valence-electron chi connectivity index (χ0n) is 8.44. The van der Waals surface area contributed by atoms with Gasteiger partial charge in [-0.2, -0.15) is 0 Å². The quantitative estimate of drug-likeness (QED) is 0.521. The molecular formula is C12H18O. The van der Waals surface area contributed by atoms with E-state index in [1.807, 2.05) is 0 Å². The van der Waals surface area contributed by atoms with Gasteiger partial charge in [0, 0.05) is 12.8 Å². The highest BCUT2D eigenvalue weighted by atomic mass is 16.1. The molecule has 0 aromatic heterocycles. The fourth-order valence-electron chi connectivity index (χ4n) is 2.94. The second-order valence-electron chi connectivity index (χ2n) is 4.85. The molecule has 2 fully saturated rings. The van der Waals surface area contributed by atoms with Crippen LogP contribution < -0.4 is 0 Å². The lowest BCUT2D eigenvalue weighted by molar-refractivity contribution is -0.124. The van der Waals surface area contributed by atoms with E-state index in [0.717, 1.165) is 19.3 Å². The molecule has 2 aliphatic rings. The molecule has 0 radical (unpaired) electrons. The standard InChI is InChI=1S/C12H18O/c1-9-4-3-5-10-8-11(13)6-7-12(9,10)2/h10H,1,3-8H2,2H3. The van der Waals surface area contributed by atoms with Gasteiger partial charge in [0.05, 0.1) is 0 Å². The Balaban J connectivity index is 2.22. The molecule has 1 nitrogen and oxygen atoms in total. The van der Waals surface area contributed by atoms with Crippen LogP contribution in [0.25, 0.3) is 0 Å².